The van der Waals surface area contributed by atoms with Crippen molar-refractivity contribution in [1.29, 1.82) is 0 Å². The first-order valence-electron chi connectivity index (χ1n) is 13.2. The van der Waals surface area contributed by atoms with Crippen LogP contribution in [0.4, 0.5) is 0 Å². The Morgan fingerprint density at radius 2 is 1.79 bits per heavy atom. The van der Waals surface area contributed by atoms with Gasteiger partial charge in [0, 0.05) is 35.3 Å². The molecular weight excluding hydrogens is 506 g/mol. The van der Waals surface area contributed by atoms with Crippen LogP contribution >= 0.6 is 11.3 Å². The number of nitrogens with one attached hydrogen (secondary N) is 1. The van der Waals surface area contributed by atoms with Gasteiger partial charge in [0.15, 0.2) is 0 Å². The van der Waals surface area contributed by atoms with Crippen LogP contribution in [0.25, 0.3) is 21.6 Å². The van der Waals surface area contributed by atoms with Gasteiger partial charge in [0.2, 0.25) is 0 Å². The summed E-state index contributed by atoms with van der Waals surface area (Å²) in [6.07, 6.45) is 4.01. The van der Waals surface area contributed by atoms with E-state index in [-0.39, 0.29) is 11.9 Å². The number of benzene rings is 2. The van der Waals surface area contributed by atoms with E-state index in [1.807, 2.05) is 57.0 Å². The van der Waals surface area contributed by atoms with Crippen molar-refractivity contribution in [2.45, 2.75) is 26.4 Å². The van der Waals surface area contributed by atoms with Gasteiger partial charge in [-0.25, -0.2) is 0 Å². The lowest BCUT2D eigenvalue weighted by molar-refractivity contribution is 0.0938. The van der Waals surface area contributed by atoms with Crippen LogP contribution in [0.5, 0.6) is 5.75 Å². The summed E-state index contributed by atoms with van der Waals surface area (Å²) in [7, 11) is 8.14. The highest BCUT2D eigenvalue weighted by atomic mass is 32.1. The molecule has 0 unspecified atom stereocenters. The average molecular weight is 546 g/mol. The molecule has 0 spiro atoms. The van der Waals surface area contributed by atoms with Crippen LogP contribution in [0, 0.1) is 6.92 Å². The van der Waals surface area contributed by atoms with Crippen molar-refractivity contribution < 1.29 is 9.53 Å². The summed E-state index contributed by atoms with van der Waals surface area (Å²) in [6.45, 7) is 7.11. The summed E-state index contributed by atoms with van der Waals surface area (Å²) in [5.74, 6) is 0.589. The van der Waals surface area contributed by atoms with Gasteiger partial charge < -0.3 is 19.9 Å². The predicted molar refractivity (Wildman–Crippen MR) is 161 cm³/mol. The van der Waals surface area contributed by atoms with Gasteiger partial charge in [-0.05, 0) is 106 Å². The fourth-order valence-electron chi connectivity index (χ4n) is 4.23. The fraction of sp³-hybridized carbons (Fsp3) is 0.355. The molecular formula is C31H39N5O2S. The van der Waals surface area contributed by atoms with Crippen LogP contribution < -0.4 is 10.1 Å². The van der Waals surface area contributed by atoms with Gasteiger partial charge in [-0.15, -0.1) is 11.3 Å². The number of thiophene rings is 1. The number of aryl methyl sites for hydroxylation is 1. The highest BCUT2D eigenvalue weighted by Crippen LogP contribution is 2.33. The van der Waals surface area contributed by atoms with E-state index >= 15 is 0 Å². The molecule has 39 heavy (non-hydrogen) atoms. The highest BCUT2D eigenvalue weighted by Gasteiger charge is 2.17. The van der Waals surface area contributed by atoms with E-state index in [1.165, 1.54) is 4.88 Å². The Kier molecular flexibility index (Phi) is 9.56. The first kappa shape index (κ1) is 28.5. The van der Waals surface area contributed by atoms with Crippen molar-refractivity contribution in [2.75, 3.05) is 47.9 Å². The molecule has 0 bridgehead atoms. The zero-order valence-electron chi connectivity index (χ0n) is 23.8. The number of aromatic nitrogens is 2. The molecule has 2 aromatic carbocycles. The van der Waals surface area contributed by atoms with E-state index in [4.69, 9.17) is 4.74 Å². The number of likely N-dealkylation sites (N-methyl/N-ethyl adjacent to an activating group) is 2. The maximum atomic E-state index is 13.4. The molecule has 8 heteroatoms. The van der Waals surface area contributed by atoms with E-state index in [1.54, 1.807) is 11.3 Å². The minimum Gasteiger partial charge on any atom is -0.492 e. The molecule has 7 nitrogen and oxygen atoms in total. The van der Waals surface area contributed by atoms with E-state index in [0.29, 0.717) is 17.9 Å². The standard InChI is InChI=1S/C31H39N5O2S/c1-22-9-10-28(38-14-13-35(5)6)19-29(22)31(37)33-23(2)24-16-25(18-26(17-24)30-8-7-15-39-30)27-20-32-36(21-27)12-11-34(3)4/h7-10,15-21,23H,11-14H2,1-6H3,(H,33,37)/t23-/m1/s1. The summed E-state index contributed by atoms with van der Waals surface area (Å²) in [5, 5.41) is 9.88. The largest absolute Gasteiger partial charge is 0.492 e. The summed E-state index contributed by atoms with van der Waals surface area (Å²) < 4.78 is 7.86. The summed E-state index contributed by atoms with van der Waals surface area (Å²) in [5.41, 5.74) is 5.86. The Morgan fingerprint density at radius 3 is 2.51 bits per heavy atom. The average Bonchev–Trinajstić information content (AvgIpc) is 3.61. The van der Waals surface area contributed by atoms with Gasteiger partial charge in [-0.2, -0.15) is 5.10 Å². The monoisotopic (exact) mass is 545 g/mol. The van der Waals surface area contributed by atoms with Crippen molar-refractivity contribution in [1.82, 2.24) is 24.9 Å². The van der Waals surface area contributed by atoms with Gasteiger partial charge >= 0.3 is 0 Å². The number of ether oxygens (including phenoxy) is 1. The van der Waals surface area contributed by atoms with Crippen LogP contribution in [0.15, 0.2) is 66.3 Å². The maximum Gasteiger partial charge on any atom is 0.252 e. The molecule has 4 rings (SSSR count). The number of nitrogens with zero attached hydrogens (tertiary/aromatic N) is 4. The predicted octanol–water partition coefficient (Wildman–Crippen LogP) is 5.58. The number of carbonyl (C=O) groups is 1. The van der Waals surface area contributed by atoms with Gasteiger partial charge in [0.05, 0.1) is 18.8 Å². The summed E-state index contributed by atoms with van der Waals surface area (Å²) in [6, 6.07) is 16.2. The summed E-state index contributed by atoms with van der Waals surface area (Å²) in [4.78, 5) is 18.8. The third-order valence-electron chi connectivity index (χ3n) is 6.61. The van der Waals surface area contributed by atoms with Crippen LogP contribution in [-0.4, -0.2) is 73.4 Å². The van der Waals surface area contributed by atoms with Crippen molar-refractivity contribution in [2.24, 2.45) is 0 Å². The minimum atomic E-state index is -0.197. The molecule has 0 saturated carbocycles. The highest BCUT2D eigenvalue weighted by molar-refractivity contribution is 7.13. The molecule has 0 radical (unpaired) electrons. The Bertz CT molecular complexity index is 1380. The number of hydrogen-bond acceptors (Lipinski definition) is 6. The number of carbonyl (C=O) groups excluding carboxylic acids is 1. The molecule has 2 heterocycles. The van der Waals surface area contributed by atoms with Gasteiger partial charge in [0.25, 0.3) is 5.91 Å². The smallest absolute Gasteiger partial charge is 0.252 e. The minimum absolute atomic E-state index is 0.113. The van der Waals surface area contributed by atoms with Crippen LogP contribution in [0.3, 0.4) is 0 Å². The van der Waals surface area contributed by atoms with E-state index in [0.717, 1.165) is 47.5 Å². The second-order valence-electron chi connectivity index (χ2n) is 10.4. The van der Waals surface area contributed by atoms with E-state index in [9.17, 15) is 4.79 Å². The maximum absolute atomic E-state index is 13.4. The van der Waals surface area contributed by atoms with Crippen molar-refractivity contribution >= 4 is 17.2 Å². The Labute approximate surface area is 236 Å². The third kappa shape index (κ3) is 7.79. The Hall–Kier alpha value is -3.46. The van der Waals surface area contributed by atoms with Crippen LogP contribution in [0.2, 0.25) is 0 Å². The molecule has 0 aliphatic rings. The molecule has 0 aliphatic heterocycles. The van der Waals surface area contributed by atoms with Crippen molar-refractivity contribution in [3.63, 3.8) is 0 Å². The topological polar surface area (TPSA) is 62.6 Å². The Morgan fingerprint density at radius 1 is 1.03 bits per heavy atom. The lowest BCUT2D eigenvalue weighted by Gasteiger charge is -2.18. The molecule has 0 fully saturated rings. The van der Waals surface area contributed by atoms with Gasteiger partial charge in [-0.1, -0.05) is 12.1 Å². The molecule has 0 saturated heterocycles. The number of hydrogen-bond donors (Lipinski definition) is 1. The van der Waals surface area contributed by atoms with Gasteiger partial charge in [-0.3, -0.25) is 9.48 Å². The first-order valence-corrected chi connectivity index (χ1v) is 14.1. The lowest BCUT2D eigenvalue weighted by Crippen LogP contribution is -2.27. The zero-order valence-corrected chi connectivity index (χ0v) is 24.6. The lowest BCUT2D eigenvalue weighted by atomic mass is 9.97. The van der Waals surface area contributed by atoms with Crippen molar-refractivity contribution in [3.8, 4) is 27.3 Å². The van der Waals surface area contributed by atoms with E-state index in [2.05, 4.69) is 76.2 Å². The third-order valence-corrected chi connectivity index (χ3v) is 7.53. The summed E-state index contributed by atoms with van der Waals surface area (Å²) >= 11 is 1.71. The second kappa shape index (κ2) is 13.1. The SMILES string of the molecule is Cc1ccc(OCCN(C)C)cc1C(=O)N[C@H](C)c1cc(-c2cnn(CCN(C)C)c2)cc(-c2cccs2)c1. The van der Waals surface area contributed by atoms with Crippen molar-refractivity contribution in [3.05, 3.63) is 83.0 Å². The normalized spacial score (nSPS) is 12.2. The molecule has 1 amide bonds. The fourth-order valence-corrected chi connectivity index (χ4v) is 4.94. The number of rotatable bonds is 12. The molecule has 4 aromatic rings. The van der Waals surface area contributed by atoms with E-state index < -0.39 is 0 Å². The molecule has 1 atom stereocenters. The zero-order chi connectivity index (χ0) is 27.9. The molecule has 1 N–H and O–H groups in total. The van der Waals surface area contributed by atoms with Crippen LogP contribution in [-0.2, 0) is 6.54 Å². The molecule has 206 valence electrons. The van der Waals surface area contributed by atoms with Crippen LogP contribution in [0.1, 0.15) is 34.5 Å². The molecule has 0 aliphatic carbocycles. The second-order valence-corrected chi connectivity index (χ2v) is 11.4. The van der Waals surface area contributed by atoms with Gasteiger partial charge in [0.1, 0.15) is 12.4 Å². The number of amides is 1. The quantitative estimate of drug-likeness (QED) is 0.252. The Balaban J connectivity index is 1.57. The molecule has 2 aromatic heterocycles. The first-order chi connectivity index (χ1) is 18.7.